The van der Waals surface area contributed by atoms with Crippen molar-refractivity contribution in [3.05, 3.63) is 59.2 Å². The molecular formula is C18H18N2O4S. The molecule has 0 aliphatic carbocycles. The second-order valence-electron chi connectivity index (χ2n) is 5.72. The number of hydrogen-bond donors (Lipinski definition) is 4. The molecule has 0 unspecified atom stereocenters. The Morgan fingerprint density at radius 1 is 1.08 bits per heavy atom. The average molecular weight is 358 g/mol. The number of carboxylic acid groups (broad SMARTS) is 1. The first-order valence-electron chi connectivity index (χ1n) is 7.56. The Labute approximate surface area is 150 Å². The minimum Gasteiger partial charge on any atom is -0.507 e. The van der Waals surface area contributed by atoms with E-state index in [1.165, 1.54) is 18.2 Å². The molecule has 1 amide bonds. The number of amides is 1. The smallest absolute Gasteiger partial charge is 0.339 e. The molecule has 2 rings (SSSR count). The van der Waals surface area contributed by atoms with Crippen LogP contribution in [0.1, 0.15) is 46.0 Å². The van der Waals surface area contributed by atoms with Crippen molar-refractivity contribution in [2.75, 3.05) is 5.32 Å². The predicted octanol–water partition coefficient (Wildman–Crippen LogP) is 3.34. The fourth-order valence-corrected chi connectivity index (χ4v) is 2.35. The van der Waals surface area contributed by atoms with Crippen molar-refractivity contribution in [3.8, 4) is 5.75 Å². The van der Waals surface area contributed by atoms with E-state index in [4.69, 9.17) is 17.3 Å². The summed E-state index contributed by atoms with van der Waals surface area (Å²) in [6.07, 6.45) is 0. The molecule has 0 spiro atoms. The lowest BCUT2D eigenvalue weighted by Crippen LogP contribution is -2.34. The summed E-state index contributed by atoms with van der Waals surface area (Å²) >= 11 is 5.07. The van der Waals surface area contributed by atoms with E-state index in [1.807, 2.05) is 12.1 Å². The minimum absolute atomic E-state index is 0.0277. The number of hydrogen-bond acceptors (Lipinski definition) is 4. The Hall–Kier alpha value is -2.93. The molecule has 2 aromatic rings. The van der Waals surface area contributed by atoms with Gasteiger partial charge >= 0.3 is 5.97 Å². The van der Waals surface area contributed by atoms with Crippen molar-refractivity contribution in [2.24, 2.45) is 0 Å². The van der Waals surface area contributed by atoms with Crippen LogP contribution in [-0.4, -0.2) is 27.2 Å². The number of phenols is 1. The molecule has 0 aliphatic heterocycles. The van der Waals surface area contributed by atoms with Gasteiger partial charge in [0, 0.05) is 11.3 Å². The predicted molar refractivity (Wildman–Crippen MR) is 99.3 cm³/mol. The highest BCUT2D eigenvalue weighted by atomic mass is 32.1. The van der Waals surface area contributed by atoms with Gasteiger partial charge in [0.05, 0.1) is 0 Å². The molecule has 7 heteroatoms. The molecule has 25 heavy (non-hydrogen) atoms. The number of benzene rings is 2. The van der Waals surface area contributed by atoms with Crippen LogP contribution in [0.2, 0.25) is 0 Å². The molecule has 0 aromatic heterocycles. The Morgan fingerprint density at radius 2 is 1.72 bits per heavy atom. The van der Waals surface area contributed by atoms with Crippen molar-refractivity contribution in [1.29, 1.82) is 0 Å². The standard InChI is InChI=1S/C18H18N2O4S/c1-10(2)11-3-5-12(6-4-11)16(22)20-18(25)19-13-7-8-15(21)14(9-13)17(23)24/h3-10,21H,1-2H3,(H,23,24)(H2,19,20,22,25). The summed E-state index contributed by atoms with van der Waals surface area (Å²) in [6.45, 7) is 4.13. The molecule has 0 atom stereocenters. The SMILES string of the molecule is CC(C)c1ccc(C(=O)NC(=S)Nc2ccc(O)c(C(=O)O)c2)cc1. The van der Waals surface area contributed by atoms with E-state index in [9.17, 15) is 14.7 Å². The summed E-state index contributed by atoms with van der Waals surface area (Å²) < 4.78 is 0. The number of aromatic carboxylic acids is 1. The van der Waals surface area contributed by atoms with E-state index in [0.717, 1.165) is 5.56 Å². The lowest BCUT2D eigenvalue weighted by atomic mass is 10.0. The highest BCUT2D eigenvalue weighted by Crippen LogP contribution is 2.21. The highest BCUT2D eigenvalue weighted by Gasteiger charge is 2.12. The third-order valence-corrected chi connectivity index (χ3v) is 3.76. The Kier molecular flexibility index (Phi) is 5.71. The molecule has 0 radical (unpaired) electrons. The number of nitrogens with one attached hydrogen (secondary N) is 2. The summed E-state index contributed by atoms with van der Waals surface area (Å²) in [5.41, 5.74) is 1.67. The van der Waals surface area contributed by atoms with E-state index < -0.39 is 5.97 Å². The molecule has 0 saturated heterocycles. The molecule has 4 N–H and O–H groups in total. The maximum atomic E-state index is 12.2. The highest BCUT2D eigenvalue weighted by molar-refractivity contribution is 7.80. The van der Waals surface area contributed by atoms with E-state index in [1.54, 1.807) is 12.1 Å². The van der Waals surface area contributed by atoms with Gasteiger partial charge in [-0.05, 0) is 54.0 Å². The van der Waals surface area contributed by atoms with E-state index in [0.29, 0.717) is 17.2 Å². The monoisotopic (exact) mass is 358 g/mol. The van der Waals surface area contributed by atoms with Gasteiger partial charge in [0.25, 0.3) is 5.91 Å². The number of anilines is 1. The largest absolute Gasteiger partial charge is 0.507 e. The van der Waals surface area contributed by atoms with Gasteiger partial charge in [-0.2, -0.15) is 0 Å². The molecule has 2 aromatic carbocycles. The van der Waals surface area contributed by atoms with Gasteiger partial charge < -0.3 is 15.5 Å². The summed E-state index contributed by atoms with van der Waals surface area (Å²) in [6, 6.07) is 11.1. The summed E-state index contributed by atoms with van der Waals surface area (Å²) in [5, 5.41) is 23.7. The first-order chi connectivity index (χ1) is 11.8. The van der Waals surface area contributed by atoms with Gasteiger partial charge in [0.1, 0.15) is 11.3 Å². The van der Waals surface area contributed by atoms with Crippen LogP contribution >= 0.6 is 12.2 Å². The topological polar surface area (TPSA) is 98.7 Å². The van der Waals surface area contributed by atoms with Crippen molar-refractivity contribution < 1.29 is 19.8 Å². The number of rotatable bonds is 4. The van der Waals surface area contributed by atoms with E-state index in [-0.39, 0.29) is 22.3 Å². The van der Waals surface area contributed by atoms with Gasteiger partial charge in [-0.15, -0.1) is 0 Å². The average Bonchev–Trinajstić information content (AvgIpc) is 2.56. The zero-order valence-electron chi connectivity index (χ0n) is 13.7. The maximum absolute atomic E-state index is 12.2. The maximum Gasteiger partial charge on any atom is 0.339 e. The summed E-state index contributed by atoms with van der Waals surface area (Å²) in [5.74, 6) is -1.61. The molecular weight excluding hydrogens is 340 g/mol. The second-order valence-corrected chi connectivity index (χ2v) is 6.13. The van der Waals surface area contributed by atoms with Crippen molar-refractivity contribution in [2.45, 2.75) is 19.8 Å². The Bertz CT molecular complexity index is 816. The number of carbonyl (C=O) groups is 2. The number of carbonyl (C=O) groups excluding carboxylic acids is 1. The minimum atomic E-state index is -1.26. The second kappa shape index (κ2) is 7.76. The molecule has 0 aliphatic rings. The third-order valence-electron chi connectivity index (χ3n) is 3.55. The van der Waals surface area contributed by atoms with Crippen LogP contribution in [0.5, 0.6) is 5.75 Å². The van der Waals surface area contributed by atoms with E-state index >= 15 is 0 Å². The number of carboxylic acids is 1. The van der Waals surface area contributed by atoms with Crippen LogP contribution in [-0.2, 0) is 0 Å². The molecule has 130 valence electrons. The lowest BCUT2D eigenvalue weighted by Gasteiger charge is -2.11. The molecule has 0 fully saturated rings. The first kappa shape index (κ1) is 18.4. The zero-order chi connectivity index (χ0) is 18.6. The van der Waals surface area contributed by atoms with Crippen molar-refractivity contribution in [1.82, 2.24) is 5.32 Å². The molecule has 0 heterocycles. The van der Waals surface area contributed by atoms with E-state index in [2.05, 4.69) is 24.5 Å². The van der Waals surface area contributed by atoms with Crippen LogP contribution in [0, 0.1) is 0 Å². The van der Waals surface area contributed by atoms with Gasteiger partial charge in [0.2, 0.25) is 0 Å². The van der Waals surface area contributed by atoms with Crippen molar-refractivity contribution >= 4 is 34.9 Å². The fraction of sp³-hybridized carbons (Fsp3) is 0.167. The van der Waals surface area contributed by atoms with Gasteiger partial charge in [-0.1, -0.05) is 26.0 Å². The van der Waals surface area contributed by atoms with Crippen molar-refractivity contribution in [3.63, 3.8) is 0 Å². The van der Waals surface area contributed by atoms with Crippen LogP contribution < -0.4 is 10.6 Å². The lowest BCUT2D eigenvalue weighted by molar-refractivity contribution is 0.0693. The van der Waals surface area contributed by atoms with Crippen LogP contribution in [0.3, 0.4) is 0 Å². The quantitative estimate of drug-likeness (QED) is 0.494. The fourth-order valence-electron chi connectivity index (χ4n) is 2.14. The van der Waals surface area contributed by atoms with Crippen LogP contribution in [0.4, 0.5) is 5.69 Å². The molecule has 0 saturated carbocycles. The Morgan fingerprint density at radius 3 is 2.28 bits per heavy atom. The summed E-state index contributed by atoms with van der Waals surface area (Å²) in [7, 11) is 0. The number of thiocarbonyl (C=S) groups is 1. The molecule has 6 nitrogen and oxygen atoms in total. The van der Waals surface area contributed by atoms with Crippen LogP contribution in [0.15, 0.2) is 42.5 Å². The summed E-state index contributed by atoms with van der Waals surface area (Å²) in [4.78, 5) is 23.2. The normalized spacial score (nSPS) is 10.4. The van der Waals surface area contributed by atoms with Gasteiger partial charge in [-0.25, -0.2) is 4.79 Å². The zero-order valence-corrected chi connectivity index (χ0v) is 14.6. The Balaban J connectivity index is 2.03. The third kappa shape index (κ3) is 4.77. The first-order valence-corrected chi connectivity index (χ1v) is 7.97. The van der Waals surface area contributed by atoms with Crippen LogP contribution in [0.25, 0.3) is 0 Å². The number of aromatic hydroxyl groups is 1. The van der Waals surface area contributed by atoms with Gasteiger partial charge in [0.15, 0.2) is 5.11 Å². The molecule has 0 bridgehead atoms. The van der Waals surface area contributed by atoms with Gasteiger partial charge in [-0.3, -0.25) is 10.1 Å².